The first-order valence-corrected chi connectivity index (χ1v) is 10.8. The number of amides is 2. The molecule has 0 saturated carbocycles. The van der Waals surface area contributed by atoms with Gasteiger partial charge in [0.2, 0.25) is 5.91 Å². The van der Waals surface area contributed by atoms with Gasteiger partial charge >= 0.3 is 0 Å². The van der Waals surface area contributed by atoms with Crippen LogP contribution in [0.4, 0.5) is 5.69 Å². The smallest absolute Gasteiger partial charge is 0.259 e. The number of nitrogens with zero attached hydrogens (tertiary/aromatic N) is 1. The number of carbonyl (C=O) groups is 2. The molecule has 0 aliphatic carbocycles. The van der Waals surface area contributed by atoms with Crippen molar-refractivity contribution in [3.63, 3.8) is 0 Å². The molecule has 0 spiro atoms. The molecule has 3 aromatic carbocycles. The first kappa shape index (κ1) is 20.9. The van der Waals surface area contributed by atoms with Crippen LogP contribution in [-0.4, -0.2) is 17.4 Å². The fraction of sp³-hybridized carbons (Fsp3) is 0.259. The van der Waals surface area contributed by atoms with Gasteiger partial charge in [0, 0.05) is 24.2 Å². The topological polar surface area (TPSA) is 49.4 Å². The molecule has 1 heterocycles. The minimum absolute atomic E-state index is 0.136. The summed E-state index contributed by atoms with van der Waals surface area (Å²) >= 11 is 0. The molecule has 0 aromatic heterocycles. The molecule has 1 unspecified atom stereocenters. The SMILES string of the molecule is CCc1cccc(N2C(=O)c3ccccc3CC2(C)C(=O)NCc2ccc(C)cc2)c1. The average Bonchev–Trinajstić information content (AvgIpc) is 2.78. The highest BCUT2D eigenvalue weighted by molar-refractivity contribution is 6.14. The highest BCUT2D eigenvalue weighted by Gasteiger charge is 2.47. The summed E-state index contributed by atoms with van der Waals surface area (Å²) < 4.78 is 0. The Balaban J connectivity index is 1.71. The van der Waals surface area contributed by atoms with Crippen LogP contribution in [-0.2, 0) is 24.2 Å². The van der Waals surface area contributed by atoms with Gasteiger partial charge in [-0.2, -0.15) is 0 Å². The lowest BCUT2D eigenvalue weighted by Crippen LogP contribution is -2.63. The van der Waals surface area contributed by atoms with Crippen LogP contribution in [0.3, 0.4) is 0 Å². The van der Waals surface area contributed by atoms with Gasteiger partial charge in [-0.05, 0) is 55.2 Å². The summed E-state index contributed by atoms with van der Waals surface area (Å²) in [6.07, 6.45) is 1.33. The van der Waals surface area contributed by atoms with E-state index in [2.05, 4.69) is 12.2 Å². The number of hydrogen-bond donors (Lipinski definition) is 1. The van der Waals surface area contributed by atoms with Gasteiger partial charge in [0.1, 0.15) is 5.54 Å². The van der Waals surface area contributed by atoms with E-state index in [9.17, 15) is 9.59 Å². The first-order valence-electron chi connectivity index (χ1n) is 10.8. The molecule has 0 radical (unpaired) electrons. The third-order valence-electron chi connectivity index (χ3n) is 6.12. The van der Waals surface area contributed by atoms with Crippen molar-refractivity contribution in [1.82, 2.24) is 5.32 Å². The van der Waals surface area contributed by atoms with Crippen LogP contribution in [0.1, 0.15) is 46.5 Å². The summed E-state index contributed by atoms with van der Waals surface area (Å²) in [5, 5.41) is 3.08. The van der Waals surface area contributed by atoms with Gasteiger partial charge in [0.15, 0.2) is 0 Å². The average molecular weight is 413 g/mol. The normalized spacial score (nSPS) is 17.9. The molecule has 3 aromatic rings. The minimum Gasteiger partial charge on any atom is -0.350 e. The molecule has 1 aliphatic heterocycles. The summed E-state index contributed by atoms with van der Waals surface area (Å²) in [6.45, 7) is 6.41. The number of benzene rings is 3. The van der Waals surface area contributed by atoms with Crippen molar-refractivity contribution in [2.24, 2.45) is 0 Å². The molecule has 1 atom stereocenters. The second kappa shape index (κ2) is 8.38. The quantitative estimate of drug-likeness (QED) is 0.652. The van der Waals surface area contributed by atoms with Crippen molar-refractivity contribution in [3.05, 3.63) is 101 Å². The van der Waals surface area contributed by atoms with E-state index in [-0.39, 0.29) is 11.8 Å². The summed E-state index contributed by atoms with van der Waals surface area (Å²) in [7, 11) is 0. The molecule has 2 amide bonds. The van der Waals surface area contributed by atoms with Gasteiger partial charge in [-0.3, -0.25) is 14.5 Å². The van der Waals surface area contributed by atoms with Crippen LogP contribution in [0, 0.1) is 6.92 Å². The van der Waals surface area contributed by atoms with Gasteiger partial charge in [-0.15, -0.1) is 0 Å². The van der Waals surface area contributed by atoms with Crippen LogP contribution in [0.15, 0.2) is 72.8 Å². The second-order valence-corrected chi connectivity index (χ2v) is 8.44. The van der Waals surface area contributed by atoms with E-state index in [0.29, 0.717) is 18.5 Å². The number of fused-ring (bicyclic) bond motifs is 1. The van der Waals surface area contributed by atoms with Crippen molar-refractivity contribution in [2.75, 3.05) is 4.90 Å². The number of aryl methyl sites for hydroxylation is 2. The predicted molar refractivity (Wildman–Crippen MR) is 124 cm³/mol. The zero-order chi connectivity index (χ0) is 22.0. The Kier molecular flexibility index (Phi) is 5.64. The number of hydrogen-bond acceptors (Lipinski definition) is 2. The van der Waals surface area contributed by atoms with Crippen LogP contribution in [0.5, 0.6) is 0 Å². The maximum absolute atomic E-state index is 13.6. The van der Waals surface area contributed by atoms with Crippen LogP contribution < -0.4 is 10.2 Å². The standard InChI is InChI=1S/C27H28N2O2/c1-4-20-8-7-10-23(16-20)29-25(30)24-11-6-5-9-22(24)17-27(29,3)26(31)28-18-21-14-12-19(2)13-15-21/h5-16H,4,17-18H2,1-3H3,(H,28,31). The molecule has 0 saturated heterocycles. The van der Waals surface area contributed by atoms with Crippen molar-refractivity contribution in [1.29, 1.82) is 0 Å². The summed E-state index contributed by atoms with van der Waals surface area (Å²) in [5.74, 6) is -0.291. The van der Waals surface area contributed by atoms with Crippen molar-refractivity contribution in [3.8, 4) is 0 Å². The first-order chi connectivity index (χ1) is 14.9. The van der Waals surface area contributed by atoms with E-state index in [4.69, 9.17) is 0 Å². The zero-order valence-corrected chi connectivity index (χ0v) is 18.3. The Morgan fingerprint density at radius 2 is 1.74 bits per heavy atom. The molecule has 4 nitrogen and oxygen atoms in total. The molecule has 158 valence electrons. The van der Waals surface area contributed by atoms with Gasteiger partial charge in [-0.1, -0.05) is 67.1 Å². The third kappa shape index (κ3) is 3.98. The van der Waals surface area contributed by atoms with Gasteiger partial charge in [0.05, 0.1) is 0 Å². The maximum atomic E-state index is 13.6. The van der Waals surface area contributed by atoms with Crippen LogP contribution >= 0.6 is 0 Å². The third-order valence-corrected chi connectivity index (χ3v) is 6.12. The second-order valence-electron chi connectivity index (χ2n) is 8.44. The Hall–Kier alpha value is -3.40. The maximum Gasteiger partial charge on any atom is 0.259 e. The molecule has 4 rings (SSSR count). The summed E-state index contributed by atoms with van der Waals surface area (Å²) in [4.78, 5) is 28.8. The molecule has 1 N–H and O–H groups in total. The van der Waals surface area contributed by atoms with E-state index >= 15 is 0 Å². The number of anilines is 1. The molecule has 0 bridgehead atoms. The van der Waals surface area contributed by atoms with Crippen LogP contribution in [0.25, 0.3) is 0 Å². The van der Waals surface area contributed by atoms with E-state index in [1.165, 1.54) is 5.56 Å². The highest BCUT2D eigenvalue weighted by Crippen LogP contribution is 2.36. The lowest BCUT2D eigenvalue weighted by Gasteiger charge is -2.44. The molecule has 0 fully saturated rings. The van der Waals surface area contributed by atoms with E-state index < -0.39 is 5.54 Å². The monoisotopic (exact) mass is 412 g/mol. The molecule has 4 heteroatoms. The Morgan fingerprint density at radius 3 is 2.48 bits per heavy atom. The van der Waals surface area contributed by atoms with E-state index in [1.807, 2.05) is 86.6 Å². The van der Waals surface area contributed by atoms with Crippen molar-refractivity contribution >= 4 is 17.5 Å². The Morgan fingerprint density at radius 1 is 1.00 bits per heavy atom. The van der Waals surface area contributed by atoms with Crippen LogP contribution in [0.2, 0.25) is 0 Å². The van der Waals surface area contributed by atoms with Crippen molar-refractivity contribution < 1.29 is 9.59 Å². The Labute approximate surface area is 183 Å². The Bertz CT molecular complexity index is 1120. The fourth-order valence-electron chi connectivity index (χ4n) is 4.26. The molecule has 1 aliphatic rings. The number of rotatable bonds is 5. The largest absolute Gasteiger partial charge is 0.350 e. The molecular formula is C27H28N2O2. The minimum atomic E-state index is -1.03. The summed E-state index contributed by atoms with van der Waals surface area (Å²) in [6, 6.07) is 23.6. The van der Waals surface area contributed by atoms with Gasteiger partial charge < -0.3 is 5.32 Å². The zero-order valence-electron chi connectivity index (χ0n) is 18.3. The number of carbonyl (C=O) groups excluding carboxylic acids is 2. The highest BCUT2D eigenvalue weighted by atomic mass is 16.2. The lowest BCUT2D eigenvalue weighted by molar-refractivity contribution is -0.126. The van der Waals surface area contributed by atoms with E-state index in [1.54, 1.807) is 4.90 Å². The van der Waals surface area contributed by atoms with E-state index in [0.717, 1.165) is 28.8 Å². The predicted octanol–water partition coefficient (Wildman–Crippen LogP) is 4.84. The van der Waals surface area contributed by atoms with Gasteiger partial charge in [-0.25, -0.2) is 0 Å². The fourth-order valence-corrected chi connectivity index (χ4v) is 4.26. The molecular weight excluding hydrogens is 384 g/mol. The van der Waals surface area contributed by atoms with Gasteiger partial charge in [0.25, 0.3) is 5.91 Å². The lowest BCUT2D eigenvalue weighted by atomic mass is 9.82. The summed E-state index contributed by atoms with van der Waals surface area (Å²) in [5.41, 5.74) is 4.64. The number of nitrogens with one attached hydrogen (secondary N) is 1. The van der Waals surface area contributed by atoms with Crippen molar-refractivity contribution in [2.45, 2.75) is 45.7 Å². The molecule has 31 heavy (non-hydrogen) atoms.